The molecule has 0 N–H and O–H groups in total. The SMILES string of the molecule is CC1=CC=C(C=O)CC1c1ccccc1. The van der Waals surface area contributed by atoms with E-state index in [-0.39, 0.29) is 0 Å². The third-order valence-corrected chi connectivity index (χ3v) is 2.90. The quantitative estimate of drug-likeness (QED) is 0.667. The summed E-state index contributed by atoms with van der Waals surface area (Å²) in [6.45, 7) is 2.12. The number of carbonyl (C=O) groups excluding carboxylic acids is 1. The lowest BCUT2D eigenvalue weighted by molar-refractivity contribution is -0.105. The van der Waals surface area contributed by atoms with Crippen molar-refractivity contribution in [1.29, 1.82) is 0 Å². The van der Waals surface area contributed by atoms with Crippen molar-refractivity contribution in [1.82, 2.24) is 0 Å². The van der Waals surface area contributed by atoms with Gasteiger partial charge < -0.3 is 0 Å². The van der Waals surface area contributed by atoms with Crippen LogP contribution in [0.4, 0.5) is 0 Å². The summed E-state index contributed by atoms with van der Waals surface area (Å²) in [5.74, 6) is 0.372. The molecule has 0 radical (unpaired) electrons. The number of benzene rings is 1. The predicted molar refractivity (Wildman–Crippen MR) is 61.7 cm³/mol. The van der Waals surface area contributed by atoms with Crippen LogP contribution in [0.1, 0.15) is 24.8 Å². The van der Waals surface area contributed by atoms with Crippen molar-refractivity contribution >= 4 is 6.29 Å². The first-order chi connectivity index (χ1) is 7.31. The number of aldehydes is 1. The molecule has 76 valence electrons. The molecule has 2 rings (SSSR count). The smallest absolute Gasteiger partial charge is 0.146 e. The van der Waals surface area contributed by atoms with Crippen LogP contribution < -0.4 is 0 Å². The van der Waals surface area contributed by atoms with Crippen molar-refractivity contribution in [3.05, 3.63) is 59.2 Å². The van der Waals surface area contributed by atoms with Crippen molar-refractivity contribution in [3.63, 3.8) is 0 Å². The Kier molecular flexibility index (Phi) is 2.82. The topological polar surface area (TPSA) is 17.1 Å². The maximum absolute atomic E-state index is 10.7. The molecule has 0 bridgehead atoms. The van der Waals surface area contributed by atoms with Crippen molar-refractivity contribution in [3.8, 4) is 0 Å². The lowest BCUT2D eigenvalue weighted by atomic mass is 9.83. The van der Waals surface area contributed by atoms with E-state index in [1.807, 2.05) is 30.4 Å². The molecule has 0 aromatic heterocycles. The van der Waals surface area contributed by atoms with Gasteiger partial charge in [-0.05, 0) is 24.5 Å². The molecular formula is C14H14O. The summed E-state index contributed by atoms with van der Waals surface area (Å²) in [5, 5.41) is 0. The predicted octanol–water partition coefficient (Wildman–Crippen LogP) is 3.25. The van der Waals surface area contributed by atoms with Crippen LogP contribution in [0.2, 0.25) is 0 Å². The Balaban J connectivity index is 2.30. The molecule has 0 spiro atoms. The first-order valence-corrected chi connectivity index (χ1v) is 5.18. The fraction of sp³-hybridized carbons (Fsp3) is 0.214. The van der Waals surface area contributed by atoms with Gasteiger partial charge in [0.15, 0.2) is 0 Å². The Morgan fingerprint density at radius 1 is 1.20 bits per heavy atom. The Bertz CT molecular complexity index is 412. The van der Waals surface area contributed by atoms with Crippen LogP contribution in [-0.2, 0) is 4.79 Å². The van der Waals surface area contributed by atoms with Gasteiger partial charge in [0, 0.05) is 5.92 Å². The van der Waals surface area contributed by atoms with Gasteiger partial charge in [0.2, 0.25) is 0 Å². The van der Waals surface area contributed by atoms with E-state index in [0.29, 0.717) is 5.92 Å². The van der Waals surface area contributed by atoms with Crippen LogP contribution in [0, 0.1) is 0 Å². The van der Waals surface area contributed by atoms with Gasteiger partial charge in [-0.15, -0.1) is 0 Å². The van der Waals surface area contributed by atoms with Crippen molar-refractivity contribution in [2.75, 3.05) is 0 Å². The molecule has 15 heavy (non-hydrogen) atoms. The summed E-state index contributed by atoms with van der Waals surface area (Å²) in [7, 11) is 0. The zero-order valence-corrected chi connectivity index (χ0v) is 8.81. The van der Waals surface area contributed by atoms with E-state index in [4.69, 9.17) is 0 Å². The van der Waals surface area contributed by atoms with Gasteiger partial charge in [-0.3, -0.25) is 4.79 Å². The molecule has 0 amide bonds. The van der Waals surface area contributed by atoms with Gasteiger partial charge in [-0.1, -0.05) is 48.1 Å². The van der Waals surface area contributed by atoms with E-state index in [1.54, 1.807) is 0 Å². The zero-order chi connectivity index (χ0) is 10.7. The van der Waals surface area contributed by atoms with E-state index in [0.717, 1.165) is 18.3 Å². The van der Waals surface area contributed by atoms with Crippen molar-refractivity contribution < 1.29 is 4.79 Å². The number of rotatable bonds is 2. The molecule has 0 heterocycles. The van der Waals surface area contributed by atoms with Crippen LogP contribution in [0.25, 0.3) is 0 Å². The van der Waals surface area contributed by atoms with Gasteiger partial charge in [0.25, 0.3) is 0 Å². The molecule has 0 saturated heterocycles. The summed E-state index contributed by atoms with van der Waals surface area (Å²) in [6.07, 6.45) is 5.75. The second-order valence-corrected chi connectivity index (χ2v) is 3.94. The number of allylic oxidation sites excluding steroid dienone is 4. The molecule has 1 aromatic carbocycles. The van der Waals surface area contributed by atoms with Gasteiger partial charge in [-0.2, -0.15) is 0 Å². The molecule has 0 aliphatic heterocycles. The van der Waals surface area contributed by atoms with Gasteiger partial charge in [-0.25, -0.2) is 0 Å². The molecule has 1 atom stereocenters. The highest BCUT2D eigenvalue weighted by Crippen LogP contribution is 2.32. The Morgan fingerprint density at radius 2 is 1.93 bits per heavy atom. The standard InChI is InChI=1S/C14H14O/c1-11-7-8-12(10-15)9-14(11)13-5-3-2-4-6-13/h2-8,10,14H,9H2,1H3. The largest absolute Gasteiger partial charge is 0.298 e. The van der Waals surface area contributed by atoms with Crippen molar-refractivity contribution in [2.45, 2.75) is 19.3 Å². The minimum atomic E-state index is 0.372. The van der Waals surface area contributed by atoms with E-state index >= 15 is 0 Å². The molecule has 1 aliphatic rings. The van der Waals surface area contributed by atoms with Gasteiger partial charge >= 0.3 is 0 Å². The summed E-state index contributed by atoms with van der Waals surface area (Å²) in [4.78, 5) is 10.7. The lowest BCUT2D eigenvalue weighted by Gasteiger charge is -2.21. The number of hydrogen-bond donors (Lipinski definition) is 0. The maximum Gasteiger partial charge on any atom is 0.146 e. The third kappa shape index (κ3) is 2.07. The molecule has 1 heteroatoms. The zero-order valence-electron chi connectivity index (χ0n) is 8.81. The average Bonchev–Trinajstić information content (AvgIpc) is 2.31. The van der Waals surface area contributed by atoms with E-state index < -0.39 is 0 Å². The monoisotopic (exact) mass is 198 g/mol. The van der Waals surface area contributed by atoms with Crippen LogP contribution in [0.3, 0.4) is 0 Å². The van der Waals surface area contributed by atoms with Gasteiger partial charge in [0.1, 0.15) is 6.29 Å². The van der Waals surface area contributed by atoms with Crippen LogP contribution in [-0.4, -0.2) is 6.29 Å². The molecule has 1 aromatic rings. The fourth-order valence-corrected chi connectivity index (χ4v) is 1.97. The van der Waals surface area contributed by atoms with E-state index in [2.05, 4.69) is 19.1 Å². The third-order valence-electron chi connectivity index (χ3n) is 2.90. The van der Waals surface area contributed by atoms with E-state index in [9.17, 15) is 4.79 Å². The molecule has 0 fully saturated rings. The average molecular weight is 198 g/mol. The Hall–Kier alpha value is -1.63. The first-order valence-electron chi connectivity index (χ1n) is 5.18. The highest BCUT2D eigenvalue weighted by atomic mass is 16.1. The Morgan fingerprint density at radius 3 is 2.60 bits per heavy atom. The lowest BCUT2D eigenvalue weighted by Crippen LogP contribution is -2.06. The minimum absolute atomic E-state index is 0.372. The van der Waals surface area contributed by atoms with Crippen LogP contribution >= 0.6 is 0 Å². The molecular weight excluding hydrogens is 184 g/mol. The molecule has 1 nitrogen and oxygen atoms in total. The highest BCUT2D eigenvalue weighted by Gasteiger charge is 2.17. The highest BCUT2D eigenvalue weighted by molar-refractivity contribution is 5.75. The maximum atomic E-state index is 10.7. The summed E-state index contributed by atoms with van der Waals surface area (Å²) in [6, 6.07) is 10.3. The van der Waals surface area contributed by atoms with Crippen molar-refractivity contribution in [2.24, 2.45) is 0 Å². The Labute approximate surface area is 90.1 Å². The molecule has 0 saturated carbocycles. The summed E-state index contributed by atoms with van der Waals surface area (Å²) in [5.41, 5.74) is 3.50. The normalized spacial score (nSPS) is 20.5. The first kappa shape index (κ1) is 9.91. The molecule has 1 aliphatic carbocycles. The molecule has 1 unspecified atom stereocenters. The number of carbonyl (C=O) groups is 1. The summed E-state index contributed by atoms with van der Waals surface area (Å²) < 4.78 is 0. The van der Waals surface area contributed by atoms with Crippen LogP contribution in [0.5, 0.6) is 0 Å². The van der Waals surface area contributed by atoms with Crippen LogP contribution in [0.15, 0.2) is 53.6 Å². The minimum Gasteiger partial charge on any atom is -0.298 e. The fourth-order valence-electron chi connectivity index (χ4n) is 1.97. The second-order valence-electron chi connectivity index (χ2n) is 3.94. The van der Waals surface area contributed by atoms with E-state index in [1.165, 1.54) is 11.1 Å². The van der Waals surface area contributed by atoms with Gasteiger partial charge in [0.05, 0.1) is 0 Å². The second kappa shape index (κ2) is 4.26. The number of hydrogen-bond acceptors (Lipinski definition) is 1. The summed E-state index contributed by atoms with van der Waals surface area (Å²) >= 11 is 0.